The zero-order chi connectivity index (χ0) is 8.57. The van der Waals surface area contributed by atoms with Gasteiger partial charge < -0.3 is 20.9 Å². The van der Waals surface area contributed by atoms with Crippen LogP contribution in [0.4, 0.5) is 0 Å². The molecule has 5 heteroatoms. The van der Waals surface area contributed by atoms with Crippen molar-refractivity contribution in [2.45, 2.75) is 0 Å². The van der Waals surface area contributed by atoms with Crippen LogP contribution < -0.4 is 0 Å². The Morgan fingerprint density at radius 1 is 1.00 bits per heavy atom. The van der Waals surface area contributed by atoms with Gasteiger partial charge in [0.1, 0.15) is 0 Å². The van der Waals surface area contributed by atoms with E-state index in [1.807, 2.05) is 0 Å². The molecule has 0 atom stereocenters. The van der Waals surface area contributed by atoms with E-state index in [1.54, 1.807) is 0 Å². The molecule has 11 heavy (non-hydrogen) atoms. The van der Waals surface area contributed by atoms with Crippen LogP contribution >= 0.6 is 0 Å². The SMILES string of the molecule is C=C([NH-])OC.C=C([NH-])OC.[Ca+2]. The number of nitrogens with one attached hydrogen (secondary N) is 2. The first-order valence-electron chi connectivity index (χ1n) is 2.43. The summed E-state index contributed by atoms with van der Waals surface area (Å²) in [5, 5.41) is 0. The maximum absolute atomic E-state index is 6.41. The van der Waals surface area contributed by atoms with E-state index in [1.165, 1.54) is 14.2 Å². The average Bonchev–Trinajstić information content (AvgIpc) is 1.89. The van der Waals surface area contributed by atoms with Gasteiger partial charge in [-0.25, -0.2) is 0 Å². The normalized spacial score (nSPS) is 6.00. The molecule has 0 bridgehead atoms. The molecule has 0 spiro atoms. The molecule has 0 heterocycles. The quantitative estimate of drug-likeness (QED) is 0.486. The number of hydrogen-bond acceptors (Lipinski definition) is 2. The van der Waals surface area contributed by atoms with E-state index in [0.29, 0.717) is 0 Å². The van der Waals surface area contributed by atoms with Crippen LogP contribution in [0.25, 0.3) is 11.5 Å². The fourth-order valence-corrected chi connectivity index (χ4v) is 0. The summed E-state index contributed by atoms with van der Waals surface area (Å²) < 4.78 is 8.44. The van der Waals surface area contributed by atoms with E-state index in [2.05, 4.69) is 22.6 Å². The predicted molar refractivity (Wildman–Crippen MR) is 46.7 cm³/mol. The minimum atomic E-state index is 0. The molecule has 60 valence electrons. The van der Waals surface area contributed by atoms with Crippen molar-refractivity contribution in [2.24, 2.45) is 0 Å². The van der Waals surface area contributed by atoms with Gasteiger partial charge in [-0.05, 0) is 0 Å². The first-order valence-corrected chi connectivity index (χ1v) is 2.43. The van der Waals surface area contributed by atoms with Crippen molar-refractivity contribution in [1.29, 1.82) is 0 Å². The van der Waals surface area contributed by atoms with Gasteiger partial charge >= 0.3 is 37.7 Å². The molecule has 0 radical (unpaired) electrons. The second kappa shape index (κ2) is 12.6. The smallest absolute Gasteiger partial charge is 0.669 e. The number of rotatable bonds is 2. The largest absolute Gasteiger partial charge is 2.00 e. The van der Waals surface area contributed by atoms with Gasteiger partial charge in [0.15, 0.2) is 0 Å². The van der Waals surface area contributed by atoms with Gasteiger partial charge in [-0.2, -0.15) is 0 Å². The van der Waals surface area contributed by atoms with E-state index < -0.39 is 0 Å². The summed E-state index contributed by atoms with van der Waals surface area (Å²) in [5.41, 5.74) is 12.8. The molecule has 0 unspecified atom stereocenters. The summed E-state index contributed by atoms with van der Waals surface area (Å²) in [4.78, 5) is 0. The zero-order valence-electron chi connectivity index (χ0n) is 6.94. The van der Waals surface area contributed by atoms with Crippen molar-refractivity contribution in [3.05, 3.63) is 36.4 Å². The Hall–Kier alpha value is -0.0603. The summed E-state index contributed by atoms with van der Waals surface area (Å²) >= 11 is 0. The Kier molecular flexibility index (Phi) is 19.6. The van der Waals surface area contributed by atoms with Gasteiger partial charge in [-0.15, -0.1) is 0 Å². The van der Waals surface area contributed by atoms with Crippen molar-refractivity contribution < 1.29 is 9.47 Å². The topological polar surface area (TPSA) is 66.1 Å². The zero-order valence-corrected chi connectivity index (χ0v) is 9.15. The molecule has 0 aromatic rings. The Labute approximate surface area is 97.2 Å². The van der Waals surface area contributed by atoms with Gasteiger partial charge in [0, 0.05) is 11.8 Å². The molecule has 0 rings (SSSR count). The maximum atomic E-state index is 6.41. The molecule has 0 fully saturated rings. The van der Waals surface area contributed by atoms with Crippen molar-refractivity contribution in [2.75, 3.05) is 14.2 Å². The molecular formula is C6H12CaN2O2. The summed E-state index contributed by atoms with van der Waals surface area (Å²) in [6.07, 6.45) is 0. The molecule has 4 nitrogen and oxygen atoms in total. The second-order valence-corrected chi connectivity index (χ2v) is 1.25. The third-order valence-corrected chi connectivity index (χ3v) is 0.493. The first kappa shape index (κ1) is 17.1. The Morgan fingerprint density at radius 3 is 1.09 bits per heavy atom. The fourth-order valence-electron chi connectivity index (χ4n) is 0. The third-order valence-electron chi connectivity index (χ3n) is 0.493. The maximum Gasteiger partial charge on any atom is 2.00 e. The second-order valence-electron chi connectivity index (χ2n) is 1.25. The van der Waals surface area contributed by atoms with Gasteiger partial charge in [0.05, 0.1) is 14.2 Å². The molecule has 0 amide bonds. The average molecular weight is 184 g/mol. The molecule has 0 aliphatic rings. The summed E-state index contributed by atoms with van der Waals surface area (Å²) in [5.74, 6) is 0.00926. The van der Waals surface area contributed by atoms with E-state index >= 15 is 0 Å². The van der Waals surface area contributed by atoms with E-state index in [0.717, 1.165) is 0 Å². The molecule has 0 aromatic heterocycles. The summed E-state index contributed by atoms with van der Waals surface area (Å²) in [6.45, 7) is 6.24. The minimum absolute atomic E-state index is 0. The van der Waals surface area contributed by atoms with Gasteiger partial charge in [-0.3, -0.25) is 0 Å². The molecule has 0 saturated carbocycles. The predicted octanol–water partition coefficient (Wildman–Crippen LogP) is 1.93. The molecule has 0 saturated heterocycles. The van der Waals surface area contributed by atoms with Crippen molar-refractivity contribution >= 4 is 37.7 Å². The summed E-state index contributed by atoms with van der Waals surface area (Å²) in [6, 6.07) is 0. The molecule has 2 N–H and O–H groups in total. The van der Waals surface area contributed by atoms with E-state index in [4.69, 9.17) is 11.5 Å². The van der Waals surface area contributed by atoms with Gasteiger partial charge in [-0.1, -0.05) is 13.2 Å². The van der Waals surface area contributed by atoms with Crippen LogP contribution in [-0.2, 0) is 9.47 Å². The number of hydrogen-bond donors (Lipinski definition) is 0. The van der Waals surface area contributed by atoms with Crippen LogP contribution in [0.2, 0.25) is 0 Å². The molecule has 0 aromatic carbocycles. The van der Waals surface area contributed by atoms with Gasteiger partial charge in [0.2, 0.25) is 0 Å². The third kappa shape index (κ3) is 40.4. The Bertz CT molecular complexity index is 103. The molecule has 0 aliphatic heterocycles. The fraction of sp³-hybridized carbons (Fsp3) is 0.333. The molecule has 0 aliphatic carbocycles. The first-order chi connectivity index (χ1) is 4.54. The van der Waals surface area contributed by atoms with Crippen LogP contribution in [0, 0.1) is 0 Å². The van der Waals surface area contributed by atoms with Gasteiger partial charge in [0.25, 0.3) is 0 Å². The van der Waals surface area contributed by atoms with Crippen LogP contribution in [0.1, 0.15) is 0 Å². The van der Waals surface area contributed by atoms with Crippen LogP contribution in [-0.4, -0.2) is 52.0 Å². The van der Waals surface area contributed by atoms with Crippen molar-refractivity contribution in [1.82, 2.24) is 0 Å². The standard InChI is InChI=1S/2C3H6NO.Ca/c2*1-3(4)5-2;/h2*4H,1H2,2H3;/q2*-1;+2. The Balaban J connectivity index is -0.000000107. The van der Waals surface area contributed by atoms with Crippen LogP contribution in [0.15, 0.2) is 24.9 Å². The van der Waals surface area contributed by atoms with Crippen LogP contribution in [0.3, 0.4) is 0 Å². The van der Waals surface area contributed by atoms with Crippen molar-refractivity contribution in [3.8, 4) is 0 Å². The van der Waals surface area contributed by atoms with Crippen LogP contribution in [0.5, 0.6) is 0 Å². The van der Waals surface area contributed by atoms with Crippen molar-refractivity contribution in [3.63, 3.8) is 0 Å². The number of methoxy groups -OCH3 is 2. The monoisotopic (exact) mass is 184 g/mol. The van der Waals surface area contributed by atoms with E-state index in [9.17, 15) is 0 Å². The van der Waals surface area contributed by atoms with E-state index in [-0.39, 0.29) is 49.5 Å². The molecular weight excluding hydrogens is 172 g/mol. The minimum Gasteiger partial charge on any atom is -0.669 e. The number of ether oxygens (including phenoxy) is 2. The Morgan fingerprint density at radius 2 is 1.09 bits per heavy atom. The summed E-state index contributed by atoms with van der Waals surface area (Å²) in [7, 11) is 2.82.